The Morgan fingerprint density at radius 3 is 2.62 bits per heavy atom. The van der Waals surface area contributed by atoms with Crippen LogP contribution in [0.1, 0.15) is 16.7 Å². The van der Waals surface area contributed by atoms with E-state index in [2.05, 4.69) is 21.5 Å². The molecule has 0 amide bonds. The molecule has 0 aliphatic carbocycles. The monoisotopic (exact) mass is 329 g/mol. The van der Waals surface area contributed by atoms with Crippen LogP contribution in [-0.4, -0.2) is 20.2 Å². The highest BCUT2D eigenvalue weighted by molar-refractivity contribution is 5.55. The third-order valence-corrected chi connectivity index (χ3v) is 3.35. The van der Waals surface area contributed by atoms with E-state index in [-0.39, 0.29) is 17.9 Å². The molecular weight excluding hydrogens is 319 g/mol. The maximum atomic E-state index is 12.8. The Kier molecular flexibility index (Phi) is 4.00. The van der Waals surface area contributed by atoms with E-state index in [0.29, 0.717) is 11.1 Å². The maximum absolute atomic E-state index is 12.8. The summed E-state index contributed by atoms with van der Waals surface area (Å²) in [5, 5.41) is 20.8. The summed E-state index contributed by atoms with van der Waals surface area (Å²) in [4.78, 5) is 1.24. The topological polar surface area (TPSA) is 67.4 Å². The number of nitrogens with zero attached hydrogens (tertiary/aromatic N) is 5. The van der Waals surface area contributed by atoms with Gasteiger partial charge in [0.2, 0.25) is 5.82 Å². The minimum Gasteiger partial charge on any atom is -0.192 e. The number of tetrazole rings is 1. The molecule has 120 valence electrons. The number of nitriles is 1. The average molecular weight is 329 g/mol. The molecule has 0 radical (unpaired) electrons. The lowest BCUT2D eigenvalue weighted by Gasteiger charge is -2.06. The Morgan fingerprint density at radius 1 is 1.08 bits per heavy atom. The van der Waals surface area contributed by atoms with Crippen LogP contribution in [0.4, 0.5) is 13.2 Å². The molecule has 0 aliphatic rings. The number of halogens is 3. The van der Waals surface area contributed by atoms with Crippen LogP contribution in [0, 0.1) is 11.3 Å². The van der Waals surface area contributed by atoms with Crippen molar-refractivity contribution in [1.82, 2.24) is 20.2 Å². The van der Waals surface area contributed by atoms with E-state index in [1.54, 1.807) is 24.3 Å². The van der Waals surface area contributed by atoms with Gasteiger partial charge in [0.05, 0.1) is 23.7 Å². The van der Waals surface area contributed by atoms with Crippen molar-refractivity contribution >= 4 is 0 Å². The van der Waals surface area contributed by atoms with Crippen molar-refractivity contribution in [3.8, 4) is 17.5 Å². The van der Waals surface area contributed by atoms with E-state index in [0.717, 1.165) is 12.1 Å². The van der Waals surface area contributed by atoms with Crippen molar-refractivity contribution in [2.24, 2.45) is 0 Å². The second kappa shape index (κ2) is 6.12. The van der Waals surface area contributed by atoms with Crippen molar-refractivity contribution in [3.63, 3.8) is 0 Å². The predicted octanol–water partition coefficient (Wildman–Crippen LogP) is 3.28. The molecule has 0 unspecified atom stereocenters. The molecule has 24 heavy (non-hydrogen) atoms. The molecular formula is C16H10F3N5. The quantitative estimate of drug-likeness (QED) is 0.739. The Hall–Kier alpha value is -3.21. The van der Waals surface area contributed by atoms with Gasteiger partial charge in [0.1, 0.15) is 0 Å². The van der Waals surface area contributed by atoms with E-state index in [9.17, 15) is 13.2 Å². The van der Waals surface area contributed by atoms with E-state index in [1.165, 1.54) is 16.9 Å². The standard InChI is InChI=1S/C16H10F3N5/c17-16(18,19)14-7-3-6-11(8-14)15-21-23-24(22-15)10-13-5-2-1-4-12(13)9-20/h1-8H,10H2. The number of hydrogen-bond donors (Lipinski definition) is 0. The number of aromatic nitrogens is 4. The lowest BCUT2D eigenvalue weighted by Crippen LogP contribution is -2.06. The Balaban J connectivity index is 1.88. The molecule has 1 heterocycles. The fraction of sp³-hybridized carbons (Fsp3) is 0.125. The molecule has 0 bridgehead atoms. The number of alkyl halides is 3. The van der Waals surface area contributed by atoms with Crippen molar-refractivity contribution < 1.29 is 13.2 Å². The molecule has 0 aliphatic heterocycles. The third kappa shape index (κ3) is 3.25. The van der Waals surface area contributed by atoms with Crippen LogP contribution in [0.25, 0.3) is 11.4 Å². The van der Waals surface area contributed by atoms with Crippen molar-refractivity contribution in [3.05, 3.63) is 65.2 Å². The first-order chi connectivity index (χ1) is 11.5. The molecule has 5 nitrogen and oxygen atoms in total. The molecule has 0 saturated carbocycles. The molecule has 2 aromatic carbocycles. The van der Waals surface area contributed by atoms with Crippen LogP contribution in [0.5, 0.6) is 0 Å². The molecule has 0 saturated heterocycles. The molecule has 0 fully saturated rings. The van der Waals surface area contributed by atoms with Crippen LogP contribution in [0.3, 0.4) is 0 Å². The summed E-state index contributed by atoms with van der Waals surface area (Å²) in [6, 6.07) is 13.7. The highest BCUT2D eigenvalue weighted by Crippen LogP contribution is 2.31. The molecule has 0 spiro atoms. The van der Waals surface area contributed by atoms with Crippen LogP contribution in [0.2, 0.25) is 0 Å². The zero-order valence-corrected chi connectivity index (χ0v) is 12.2. The maximum Gasteiger partial charge on any atom is 0.416 e. The Morgan fingerprint density at radius 2 is 1.88 bits per heavy atom. The first kappa shape index (κ1) is 15.7. The van der Waals surface area contributed by atoms with Gasteiger partial charge in [0, 0.05) is 5.56 Å². The van der Waals surface area contributed by atoms with Gasteiger partial charge in [0.25, 0.3) is 0 Å². The minimum absolute atomic E-state index is 0.0931. The lowest BCUT2D eigenvalue weighted by molar-refractivity contribution is -0.137. The summed E-state index contributed by atoms with van der Waals surface area (Å²) < 4.78 is 38.3. The van der Waals surface area contributed by atoms with Crippen molar-refractivity contribution in [1.29, 1.82) is 5.26 Å². The summed E-state index contributed by atoms with van der Waals surface area (Å²) in [5.41, 5.74) is 0.638. The second-order valence-electron chi connectivity index (χ2n) is 4.99. The predicted molar refractivity (Wildman–Crippen MR) is 78.5 cm³/mol. The fourth-order valence-corrected chi connectivity index (χ4v) is 2.18. The normalized spacial score (nSPS) is 11.2. The van der Waals surface area contributed by atoms with Gasteiger partial charge in [-0.05, 0) is 29.0 Å². The zero-order valence-electron chi connectivity index (χ0n) is 12.2. The first-order valence-electron chi connectivity index (χ1n) is 6.91. The number of rotatable bonds is 3. The van der Waals surface area contributed by atoms with Gasteiger partial charge in [-0.1, -0.05) is 30.3 Å². The SMILES string of the molecule is N#Cc1ccccc1Cn1nnc(-c2cccc(C(F)(F)F)c2)n1. The Bertz CT molecular complexity index is 908. The van der Waals surface area contributed by atoms with Crippen molar-refractivity contribution in [2.75, 3.05) is 0 Å². The molecule has 3 aromatic rings. The summed E-state index contributed by atoms with van der Waals surface area (Å²) in [7, 11) is 0. The van der Waals surface area contributed by atoms with E-state index >= 15 is 0 Å². The average Bonchev–Trinajstić information content (AvgIpc) is 3.03. The number of hydrogen-bond acceptors (Lipinski definition) is 4. The summed E-state index contributed by atoms with van der Waals surface area (Å²) in [5.74, 6) is 0.0931. The fourth-order valence-electron chi connectivity index (χ4n) is 2.18. The highest BCUT2D eigenvalue weighted by atomic mass is 19.4. The summed E-state index contributed by atoms with van der Waals surface area (Å²) in [6.45, 7) is 0.204. The zero-order chi connectivity index (χ0) is 17.2. The molecule has 8 heteroatoms. The van der Waals surface area contributed by atoms with Gasteiger partial charge in [-0.25, -0.2) is 0 Å². The lowest BCUT2D eigenvalue weighted by atomic mass is 10.1. The third-order valence-electron chi connectivity index (χ3n) is 3.35. The van der Waals surface area contributed by atoms with Crippen LogP contribution in [-0.2, 0) is 12.7 Å². The van der Waals surface area contributed by atoms with Gasteiger partial charge in [-0.2, -0.15) is 23.2 Å². The van der Waals surface area contributed by atoms with Gasteiger partial charge < -0.3 is 0 Å². The Labute approximate surface area is 135 Å². The molecule has 0 atom stereocenters. The molecule has 0 N–H and O–H groups in total. The first-order valence-corrected chi connectivity index (χ1v) is 6.91. The smallest absolute Gasteiger partial charge is 0.192 e. The van der Waals surface area contributed by atoms with Gasteiger partial charge >= 0.3 is 6.18 Å². The minimum atomic E-state index is -4.43. The summed E-state index contributed by atoms with van der Waals surface area (Å²) in [6.07, 6.45) is -4.43. The summed E-state index contributed by atoms with van der Waals surface area (Å²) >= 11 is 0. The van der Waals surface area contributed by atoms with Gasteiger partial charge in [-0.15, -0.1) is 10.2 Å². The van der Waals surface area contributed by atoms with Crippen molar-refractivity contribution in [2.45, 2.75) is 12.7 Å². The molecule has 3 rings (SSSR count). The van der Waals surface area contributed by atoms with E-state index in [1.807, 2.05) is 0 Å². The van der Waals surface area contributed by atoms with Gasteiger partial charge in [-0.3, -0.25) is 0 Å². The van der Waals surface area contributed by atoms with Crippen LogP contribution < -0.4 is 0 Å². The second-order valence-corrected chi connectivity index (χ2v) is 4.99. The largest absolute Gasteiger partial charge is 0.416 e. The van der Waals surface area contributed by atoms with E-state index in [4.69, 9.17) is 5.26 Å². The van der Waals surface area contributed by atoms with Crippen LogP contribution >= 0.6 is 0 Å². The van der Waals surface area contributed by atoms with E-state index < -0.39 is 11.7 Å². The van der Waals surface area contributed by atoms with Crippen LogP contribution in [0.15, 0.2) is 48.5 Å². The van der Waals surface area contributed by atoms with Gasteiger partial charge in [0.15, 0.2) is 0 Å². The number of benzene rings is 2. The highest BCUT2D eigenvalue weighted by Gasteiger charge is 2.30. The molecule has 1 aromatic heterocycles.